The van der Waals surface area contributed by atoms with Crippen molar-refractivity contribution in [1.82, 2.24) is 14.9 Å². The SMILES string of the molecule is Cc1nc(Br)cc(NCCCN2CCCC2)n1. The van der Waals surface area contributed by atoms with Crippen molar-refractivity contribution in [2.75, 3.05) is 31.5 Å². The second-order valence-corrected chi connectivity index (χ2v) is 5.26. The first-order chi connectivity index (χ1) is 8.24. The van der Waals surface area contributed by atoms with Crippen LogP contribution in [0, 0.1) is 6.92 Å². The molecule has 4 nitrogen and oxygen atoms in total. The molecule has 0 amide bonds. The Morgan fingerprint density at radius 1 is 1.35 bits per heavy atom. The van der Waals surface area contributed by atoms with E-state index < -0.39 is 0 Å². The molecular weight excluding hydrogens is 280 g/mol. The summed E-state index contributed by atoms with van der Waals surface area (Å²) in [6.07, 6.45) is 3.90. The summed E-state index contributed by atoms with van der Waals surface area (Å²) in [4.78, 5) is 11.1. The molecule has 1 saturated heterocycles. The van der Waals surface area contributed by atoms with Crippen LogP contribution in [0.4, 0.5) is 5.82 Å². The summed E-state index contributed by atoms with van der Waals surface area (Å²) < 4.78 is 0.840. The number of aryl methyl sites for hydroxylation is 1. The Morgan fingerprint density at radius 3 is 2.82 bits per heavy atom. The molecule has 1 aromatic heterocycles. The van der Waals surface area contributed by atoms with E-state index in [0.717, 1.165) is 22.8 Å². The van der Waals surface area contributed by atoms with Gasteiger partial charge in [-0.1, -0.05) is 0 Å². The summed E-state index contributed by atoms with van der Waals surface area (Å²) in [5.41, 5.74) is 0. The fraction of sp³-hybridized carbons (Fsp3) is 0.667. The predicted molar refractivity (Wildman–Crippen MR) is 73.2 cm³/mol. The Bertz CT molecular complexity index is 343. The molecule has 5 heteroatoms. The lowest BCUT2D eigenvalue weighted by Gasteiger charge is -2.14. The number of rotatable bonds is 5. The van der Waals surface area contributed by atoms with E-state index in [1.54, 1.807) is 0 Å². The molecule has 1 N–H and O–H groups in total. The first-order valence-corrected chi connectivity index (χ1v) is 7.01. The number of likely N-dealkylation sites (tertiary alicyclic amines) is 1. The Hall–Kier alpha value is -0.680. The van der Waals surface area contributed by atoms with Crippen LogP contribution in [0.3, 0.4) is 0 Å². The normalized spacial score (nSPS) is 16.4. The summed E-state index contributed by atoms with van der Waals surface area (Å²) in [6.45, 7) is 6.62. The van der Waals surface area contributed by atoms with E-state index in [-0.39, 0.29) is 0 Å². The van der Waals surface area contributed by atoms with E-state index in [9.17, 15) is 0 Å². The monoisotopic (exact) mass is 298 g/mol. The summed E-state index contributed by atoms with van der Waals surface area (Å²) >= 11 is 3.38. The molecule has 0 spiro atoms. The van der Waals surface area contributed by atoms with Crippen molar-refractivity contribution in [1.29, 1.82) is 0 Å². The maximum absolute atomic E-state index is 4.34. The molecule has 0 aromatic carbocycles. The lowest BCUT2D eigenvalue weighted by molar-refractivity contribution is 0.337. The summed E-state index contributed by atoms with van der Waals surface area (Å²) in [7, 11) is 0. The van der Waals surface area contributed by atoms with Crippen LogP contribution >= 0.6 is 15.9 Å². The van der Waals surface area contributed by atoms with Gasteiger partial charge in [-0.05, 0) is 61.8 Å². The zero-order chi connectivity index (χ0) is 12.1. The smallest absolute Gasteiger partial charge is 0.130 e. The largest absolute Gasteiger partial charge is 0.370 e. The summed E-state index contributed by atoms with van der Waals surface area (Å²) in [6, 6.07) is 1.92. The minimum absolute atomic E-state index is 0.793. The van der Waals surface area contributed by atoms with Gasteiger partial charge in [0, 0.05) is 12.6 Å². The van der Waals surface area contributed by atoms with Crippen LogP contribution in [-0.4, -0.2) is 41.0 Å². The molecule has 94 valence electrons. The lowest BCUT2D eigenvalue weighted by Crippen LogP contribution is -2.22. The maximum Gasteiger partial charge on any atom is 0.130 e. The van der Waals surface area contributed by atoms with E-state index >= 15 is 0 Å². The van der Waals surface area contributed by atoms with E-state index in [2.05, 4.69) is 36.1 Å². The standard InChI is InChI=1S/C12H19BrN4/c1-10-15-11(13)9-12(16-10)14-5-4-8-17-6-2-3-7-17/h9H,2-8H2,1H3,(H,14,15,16). The van der Waals surface area contributed by atoms with Crippen molar-refractivity contribution in [3.63, 3.8) is 0 Å². The minimum Gasteiger partial charge on any atom is -0.370 e. The third-order valence-electron chi connectivity index (χ3n) is 2.96. The average molecular weight is 299 g/mol. The first-order valence-electron chi connectivity index (χ1n) is 6.21. The van der Waals surface area contributed by atoms with Crippen LogP contribution in [0.1, 0.15) is 25.1 Å². The Labute approximate surface area is 111 Å². The second kappa shape index (κ2) is 6.31. The van der Waals surface area contributed by atoms with E-state index in [1.165, 1.54) is 38.9 Å². The third-order valence-corrected chi connectivity index (χ3v) is 3.37. The quantitative estimate of drug-likeness (QED) is 0.670. The van der Waals surface area contributed by atoms with Gasteiger partial charge in [0.25, 0.3) is 0 Å². The third kappa shape index (κ3) is 4.24. The number of hydrogen-bond acceptors (Lipinski definition) is 4. The highest BCUT2D eigenvalue weighted by molar-refractivity contribution is 9.10. The Balaban J connectivity index is 1.70. The fourth-order valence-electron chi connectivity index (χ4n) is 2.15. The number of aromatic nitrogens is 2. The second-order valence-electron chi connectivity index (χ2n) is 4.45. The van der Waals surface area contributed by atoms with Gasteiger partial charge in [-0.2, -0.15) is 0 Å². The van der Waals surface area contributed by atoms with Crippen molar-refractivity contribution in [2.24, 2.45) is 0 Å². The van der Waals surface area contributed by atoms with Crippen LogP contribution in [0.5, 0.6) is 0 Å². The van der Waals surface area contributed by atoms with Crippen LogP contribution in [-0.2, 0) is 0 Å². The fourth-order valence-corrected chi connectivity index (χ4v) is 2.62. The molecule has 1 fully saturated rings. The molecule has 2 heterocycles. The molecule has 0 radical (unpaired) electrons. The van der Waals surface area contributed by atoms with Crippen molar-refractivity contribution in [3.05, 3.63) is 16.5 Å². The summed E-state index contributed by atoms with van der Waals surface area (Å²) in [5.74, 6) is 1.70. The van der Waals surface area contributed by atoms with E-state index in [0.29, 0.717) is 0 Å². The number of hydrogen-bond donors (Lipinski definition) is 1. The van der Waals surface area contributed by atoms with Gasteiger partial charge in [0.05, 0.1) is 0 Å². The Morgan fingerprint density at radius 2 is 2.12 bits per heavy atom. The van der Waals surface area contributed by atoms with Gasteiger partial charge in [0.2, 0.25) is 0 Å². The average Bonchev–Trinajstić information content (AvgIpc) is 2.76. The minimum atomic E-state index is 0.793. The van der Waals surface area contributed by atoms with E-state index in [4.69, 9.17) is 0 Å². The molecule has 2 rings (SSSR count). The maximum atomic E-state index is 4.34. The number of anilines is 1. The van der Waals surface area contributed by atoms with Crippen molar-refractivity contribution >= 4 is 21.7 Å². The van der Waals surface area contributed by atoms with Crippen molar-refractivity contribution < 1.29 is 0 Å². The van der Waals surface area contributed by atoms with Crippen LogP contribution in [0.25, 0.3) is 0 Å². The predicted octanol–water partition coefficient (Wildman–Crippen LogP) is 2.45. The van der Waals surface area contributed by atoms with Gasteiger partial charge in [-0.15, -0.1) is 0 Å². The molecule has 0 saturated carbocycles. The van der Waals surface area contributed by atoms with Crippen molar-refractivity contribution in [3.8, 4) is 0 Å². The molecule has 1 aromatic rings. The van der Waals surface area contributed by atoms with Gasteiger partial charge < -0.3 is 10.2 Å². The molecule has 1 aliphatic heterocycles. The highest BCUT2D eigenvalue weighted by atomic mass is 79.9. The molecule has 1 aliphatic rings. The molecule has 0 unspecified atom stereocenters. The molecule has 17 heavy (non-hydrogen) atoms. The highest BCUT2D eigenvalue weighted by Crippen LogP contribution is 2.12. The van der Waals surface area contributed by atoms with Crippen LogP contribution in [0.15, 0.2) is 10.7 Å². The van der Waals surface area contributed by atoms with E-state index in [1.807, 2.05) is 13.0 Å². The summed E-state index contributed by atoms with van der Waals surface area (Å²) in [5, 5.41) is 3.34. The number of nitrogens with zero attached hydrogens (tertiary/aromatic N) is 3. The zero-order valence-electron chi connectivity index (χ0n) is 10.2. The molecule has 0 aliphatic carbocycles. The molecule has 0 atom stereocenters. The van der Waals surface area contributed by atoms with Gasteiger partial charge in [0.1, 0.15) is 16.2 Å². The van der Waals surface area contributed by atoms with Crippen molar-refractivity contribution in [2.45, 2.75) is 26.2 Å². The van der Waals surface area contributed by atoms with Gasteiger partial charge >= 0.3 is 0 Å². The van der Waals surface area contributed by atoms with Gasteiger partial charge in [-0.25, -0.2) is 9.97 Å². The topological polar surface area (TPSA) is 41.1 Å². The highest BCUT2D eigenvalue weighted by Gasteiger charge is 2.10. The Kier molecular flexibility index (Phi) is 4.74. The van der Waals surface area contributed by atoms with Crippen LogP contribution < -0.4 is 5.32 Å². The first kappa shape index (κ1) is 12.8. The zero-order valence-corrected chi connectivity index (χ0v) is 11.8. The van der Waals surface area contributed by atoms with Gasteiger partial charge in [0.15, 0.2) is 0 Å². The number of nitrogens with one attached hydrogen (secondary N) is 1. The lowest BCUT2D eigenvalue weighted by atomic mass is 10.4. The molecule has 0 bridgehead atoms. The van der Waals surface area contributed by atoms with Crippen LogP contribution in [0.2, 0.25) is 0 Å². The number of halogens is 1. The van der Waals surface area contributed by atoms with Gasteiger partial charge in [-0.3, -0.25) is 0 Å². The molecular formula is C12H19BrN4.